The van der Waals surface area contributed by atoms with Crippen molar-refractivity contribution in [2.24, 2.45) is 0 Å². The number of ether oxygens (including phenoxy) is 2. The normalized spacial score (nSPS) is 18.0. The molecule has 26 heavy (non-hydrogen) atoms. The number of nitrogens with zero attached hydrogens (tertiary/aromatic N) is 1. The maximum atomic E-state index is 12.8. The van der Waals surface area contributed by atoms with Gasteiger partial charge in [0.2, 0.25) is 10.0 Å². The summed E-state index contributed by atoms with van der Waals surface area (Å²) in [7, 11) is -2.23. The van der Waals surface area contributed by atoms with Crippen LogP contribution in [-0.2, 0) is 10.0 Å². The van der Waals surface area contributed by atoms with E-state index in [2.05, 4.69) is 0 Å². The van der Waals surface area contributed by atoms with E-state index in [1.54, 1.807) is 13.0 Å². The monoisotopic (exact) mass is 399 g/mol. The molecule has 2 aromatic rings. The Morgan fingerprint density at radius 2 is 2.04 bits per heavy atom. The van der Waals surface area contributed by atoms with E-state index in [4.69, 9.17) is 25.5 Å². The quantitative estimate of drug-likeness (QED) is 0.767. The Kier molecular flexibility index (Phi) is 5.27. The lowest BCUT2D eigenvalue weighted by Gasteiger charge is -2.18. The lowest BCUT2D eigenvalue weighted by atomic mass is 10.3. The smallest absolute Gasteiger partial charge is 0.339 e. The fourth-order valence-corrected chi connectivity index (χ4v) is 4.64. The molecule has 9 heteroatoms. The predicted molar refractivity (Wildman–Crippen MR) is 95.5 cm³/mol. The van der Waals surface area contributed by atoms with Gasteiger partial charge < -0.3 is 13.9 Å². The molecule has 3 rings (SSSR count). The Hall–Kier alpha value is -2.03. The van der Waals surface area contributed by atoms with Crippen LogP contribution < -0.4 is 15.1 Å². The van der Waals surface area contributed by atoms with Crippen LogP contribution in [0.2, 0.25) is 5.02 Å². The number of hydrogen-bond donors (Lipinski definition) is 0. The minimum Gasteiger partial charge on any atom is -0.495 e. The van der Waals surface area contributed by atoms with E-state index < -0.39 is 15.6 Å². The van der Waals surface area contributed by atoms with Crippen LogP contribution >= 0.6 is 11.6 Å². The molecule has 0 bridgehead atoms. The summed E-state index contributed by atoms with van der Waals surface area (Å²) in [6, 6.07) is 7.19. The van der Waals surface area contributed by atoms with E-state index in [0.717, 1.165) is 0 Å². The molecule has 1 saturated heterocycles. The molecule has 0 saturated carbocycles. The molecular weight excluding hydrogens is 382 g/mol. The molecule has 1 aromatic heterocycles. The molecule has 0 amide bonds. The molecule has 0 spiro atoms. The predicted octanol–water partition coefficient (Wildman–Crippen LogP) is 2.45. The highest BCUT2D eigenvalue weighted by Crippen LogP contribution is 2.30. The van der Waals surface area contributed by atoms with Crippen LogP contribution in [0, 0.1) is 6.92 Å². The Morgan fingerprint density at radius 3 is 2.69 bits per heavy atom. The minimum absolute atomic E-state index is 0.0974. The summed E-state index contributed by atoms with van der Waals surface area (Å²) >= 11 is 6.04. The average Bonchev–Trinajstić information content (AvgIpc) is 3.03. The molecule has 1 aliphatic rings. The summed E-state index contributed by atoms with van der Waals surface area (Å²) < 4.78 is 42.6. The number of rotatable bonds is 5. The molecule has 1 fully saturated rings. The van der Waals surface area contributed by atoms with Crippen LogP contribution in [0.1, 0.15) is 12.2 Å². The number of benzene rings is 1. The van der Waals surface area contributed by atoms with Gasteiger partial charge in [0.15, 0.2) is 0 Å². The van der Waals surface area contributed by atoms with Crippen LogP contribution in [0.4, 0.5) is 0 Å². The molecule has 2 heterocycles. The van der Waals surface area contributed by atoms with Crippen molar-refractivity contribution in [1.29, 1.82) is 0 Å². The second kappa shape index (κ2) is 7.30. The van der Waals surface area contributed by atoms with Crippen molar-refractivity contribution in [1.82, 2.24) is 4.31 Å². The van der Waals surface area contributed by atoms with Crippen molar-refractivity contribution in [3.63, 3.8) is 0 Å². The van der Waals surface area contributed by atoms with Crippen LogP contribution in [0.5, 0.6) is 11.5 Å². The minimum atomic E-state index is -3.69. The van der Waals surface area contributed by atoms with Gasteiger partial charge in [-0.3, -0.25) is 0 Å². The largest absolute Gasteiger partial charge is 0.495 e. The van der Waals surface area contributed by atoms with Gasteiger partial charge >= 0.3 is 5.63 Å². The van der Waals surface area contributed by atoms with E-state index >= 15 is 0 Å². The van der Waals surface area contributed by atoms with Crippen LogP contribution in [0.25, 0.3) is 0 Å². The van der Waals surface area contributed by atoms with Gasteiger partial charge in [-0.05, 0) is 31.5 Å². The van der Waals surface area contributed by atoms with Gasteiger partial charge in [-0.15, -0.1) is 0 Å². The zero-order valence-corrected chi connectivity index (χ0v) is 15.8. The molecule has 1 aromatic carbocycles. The highest BCUT2D eigenvalue weighted by Gasteiger charge is 2.34. The second-order valence-corrected chi connectivity index (χ2v) is 8.26. The zero-order chi connectivity index (χ0) is 18.9. The second-order valence-electron chi connectivity index (χ2n) is 5.91. The third-order valence-corrected chi connectivity index (χ3v) is 6.20. The third-order valence-electron chi connectivity index (χ3n) is 4.04. The zero-order valence-electron chi connectivity index (χ0n) is 14.3. The first-order valence-corrected chi connectivity index (χ1v) is 9.73. The van der Waals surface area contributed by atoms with E-state index in [0.29, 0.717) is 30.2 Å². The molecule has 1 unspecified atom stereocenters. The molecule has 1 aliphatic heterocycles. The van der Waals surface area contributed by atoms with Gasteiger partial charge in [-0.25, -0.2) is 13.2 Å². The number of halogens is 1. The Balaban J connectivity index is 1.75. The SMILES string of the molecule is COc1ccc(S(=O)(=O)N2CCC(Oc3cc(C)oc(=O)c3)C2)cc1Cl. The first-order chi connectivity index (χ1) is 12.3. The topological polar surface area (TPSA) is 86.1 Å². The molecule has 1 atom stereocenters. The van der Waals surface area contributed by atoms with Gasteiger partial charge in [0.05, 0.1) is 29.6 Å². The highest BCUT2D eigenvalue weighted by atomic mass is 35.5. The van der Waals surface area contributed by atoms with Gasteiger partial charge in [0.1, 0.15) is 23.4 Å². The lowest BCUT2D eigenvalue weighted by Crippen LogP contribution is -2.31. The van der Waals surface area contributed by atoms with E-state index in [1.807, 2.05) is 0 Å². The maximum Gasteiger partial charge on any atom is 0.339 e. The van der Waals surface area contributed by atoms with Crippen molar-refractivity contribution in [3.05, 3.63) is 51.5 Å². The first-order valence-electron chi connectivity index (χ1n) is 7.92. The third kappa shape index (κ3) is 3.87. The molecule has 0 radical (unpaired) electrons. The molecule has 0 N–H and O–H groups in total. The van der Waals surface area contributed by atoms with Gasteiger partial charge in [-0.2, -0.15) is 4.31 Å². The van der Waals surface area contributed by atoms with Crippen molar-refractivity contribution >= 4 is 21.6 Å². The number of methoxy groups -OCH3 is 1. The van der Waals surface area contributed by atoms with E-state index in [9.17, 15) is 13.2 Å². The molecule has 7 nitrogen and oxygen atoms in total. The molecule has 0 aliphatic carbocycles. The first kappa shape index (κ1) is 18.8. The maximum absolute atomic E-state index is 12.8. The van der Waals surface area contributed by atoms with Crippen LogP contribution in [-0.4, -0.2) is 39.0 Å². The summed E-state index contributed by atoms with van der Waals surface area (Å²) in [6.07, 6.45) is 0.169. The summed E-state index contributed by atoms with van der Waals surface area (Å²) in [5.41, 5.74) is -0.504. The average molecular weight is 400 g/mol. The number of sulfonamides is 1. The molecule has 140 valence electrons. The van der Waals surface area contributed by atoms with Crippen LogP contribution in [0.15, 0.2) is 44.4 Å². The fourth-order valence-electron chi connectivity index (χ4n) is 2.81. The van der Waals surface area contributed by atoms with Crippen molar-refractivity contribution in [2.75, 3.05) is 20.2 Å². The summed E-state index contributed by atoms with van der Waals surface area (Å²) in [5.74, 6) is 1.21. The standard InChI is InChI=1S/C17H18ClNO6S/c1-11-7-13(8-17(20)24-11)25-12-5-6-19(10-12)26(21,22)14-3-4-16(23-2)15(18)9-14/h3-4,7-9,12H,5-6,10H2,1-2H3. The fraction of sp³-hybridized carbons (Fsp3) is 0.353. The summed E-state index contributed by atoms with van der Waals surface area (Å²) in [6.45, 7) is 2.15. The highest BCUT2D eigenvalue weighted by molar-refractivity contribution is 7.89. The van der Waals surface area contributed by atoms with Gasteiger partial charge in [0.25, 0.3) is 0 Å². The van der Waals surface area contributed by atoms with Gasteiger partial charge in [-0.1, -0.05) is 11.6 Å². The van der Waals surface area contributed by atoms with Crippen molar-refractivity contribution in [2.45, 2.75) is 24.3 Å². The Labute approximate surface area is 156 Å². The Bertz CT molecular complexity index is 971. The molecular formula is C17H18ClNO6S. The van der Waals surface area contributed by atoms with Crippen molar-refractivity contribution in [3.8, 4) is 11.5 Å². The van der Waals surface area contributed by atoms with Gasteiger partial charge in [0, 0.05) is 12.6 Å². The summed E-state index contributed by atoms with van der Waals surface area (Å²) in [4.78, 5) is 11.5. The van der Waals surface area contributed by atoms with Crippen molar-refractivity contribution < 1.29 is 22.3 Å². The summed E-state index contributed by atoms with van der Waals surface area (Å²) in [5, 5.41) is 0.229. The lowest BCUT2D eigenvalue weighted by molar-refractivity contribution is 0.213. The number of hydrogen-bond acceptors (Lipinski definition) is 6. The van der Waals surface area contributed by atoms with Crippen LogP contribution in [0.3, 0.4) is 0 Å². The van der Waals surface area contributed by atoms with E-state index in [1.165, 1.54) is 35.7 Å². The Morgan fingerprint density at radius 1 is 1.27 bits per heavy atom. The van der Waals surface area contributed by atoms with E-state index in [-0.39, 0.29) is 22.6 Å². The number of aryl methyl sites for hydroxylation is 1.